The van der Waals surface area contributed by atoms with E-state index in [9.17, 15) is 0 Å². The Morgan fingerprint density at radius 1 is 0.944 bits per heavy atom. The third-order valence-electron chi connectivity index (χ3n) is 3.50. The molecule has 2 nitrogen and oxygen atoms in total. The quantitative estimate of drug-likeness (QED) is 0.874. The fourth-order valence-electron chi connectivity index (χ4n) is 2.26. The van der Waals surface area contributed by atoms with Gasteiger partial charge in [-0.3, -0.25) is 4.98 Å². The molecule has 0 aliphatic heterocycles. The third kappa shape index (κ3) is 2.44. The Hall–Kier alpha value is -1.67. The van der Waals surface area contributed by atoms with Crippen LogP contribution < -0.4 is 5.73 Å². The zero-order valence-corrected chi connectivity index (χ0v) is 11.5. The molecule has 0 amide bonds. The zero-order valence-electron chi connectivity index (χ0n) is 11.5. The minimum atomic E-state index is -0.0778. The van der Waals surface area contributed by atoms with Crippen molar-refractivity contribution in [2.24, 2.45) is 5.73 Å². The molecule has 0 saturated carbocycles. The van der Waals surface area contributed by atoms with E-state index in [0.717, 1.165) is 11.3 Å². The van der Waals surface area contributed by atoms with Crippen LogP contribution in [0.15, 0.2) is 30.5 Å². The second-order valence-corrected chi connectivity index (χ2v) is 5.00. The van der Waals surface area contributed by atoms with Crippen LogP contribution >= 0.6 is 0 Å². The summed E-state index contributed by atoms with van der Waals surface area (Å²) in [5.74, 6) is 0. The Balaban J connectivity index is 2.46. The third-order valence-corrected chi connectivity index (χ3v) is 3.50. The highest BCUT2D eigenvalue weighted by Crippen LogP contribution is 2.25. The smallest absolute Gasteiger partial charge is 0.0555 e. The summed E-state index contributed by atoms with van der Waals surface area (Å²) in [6, 6.07) is 8.38. The van der Waals surface area contributed by atoms with Crippen LogP contribution in [0, 0.1) is 27.7 Å². The van der Waals surface area contributed by atoms with Gasteiger partial charge in [0, 0.05) is 11.9 Å². The molecule has 0 saturated heterocycles. The van der Waals surface area contributed by atoms with E-state index in [-0.39, 0.29) is 6.04 Å². The van der Waals surface area contributed by atoms with Crippen molar-refractivity contribution in [3.05, 3.63) is 64.0 Å². The summed E-state index contributed by atoms with van der Waals surface area (Å²) in [7, 11) is 0. The average molecular weight is 240 g/mol. The van der Waals surface area contributed by atoms with Gasteiger partial charge in [0.1, 0.15) is 0 Å². The molecule has 1 atom stereocenters. The lowest BCUT2D eigenvalue weighted by atomic mass is 9.92. The summed E-state index contributed by atoms with van der Waals surface area (Å²) >= 11 is 0. The second kappa shape index (κ2) is 4.91. The molecule has 2 N–H and O–H groups in total. The highest BCUT2D eigenvalue weighted by molar-refractivity contribution is 5.42. The molecule has 1 unspecified atom stereocenters. The van der Waals surface area contributed by atoms with E-state index in [4.69, 9.17) is 5.73 Å². The van der Waals surface area contributed by atoms with Crippen LogP contribution in [0.2, 0.25) is 0 Å². The summed E-state index contributed by atoms with van der Waals surface area (Å²) < 4.78 is 0. The molecule has 2 aromatic rings. The van der Waals surface area contributed by atoms with Gasteiger partial charge in [-0.1, -0.05) is 12.1 Å². The Labute approximate surface area is 109 Å². The zero-order chi connectivity index (χ0) is 13.3. The van der Waals surface area contributed by atoms with E-state index in [0.29, 0.717) is 0 Å². The van der Waals surface area contributed by atoms with Crippen LogP contribution in [0.4, 0.5) is 0 Å². The highest BCUT2D eigenvalue weighted by atomic mass is 14.7. The number of nitrogens with two attached hydrogens (primary N) is 1. The minimum absolute atomic E-state index is 0.0778. The number of hydrogen-bond acceptors (Lipinski definition) is 2. The maximum absolute atomic E-state index is 6.38. The lowest BCUT2D eigenvalue weighted by Crippen LogP contribution is -2.14. The van der Waals surface area contributed by atoms with Crippen LogP contribution in [0.5, 0.6) is 0 Å². The minimum Gasteiger partial charge on any atom is -0.320 e. The Morgan fingerprint density at radius 2 is 1.61 bits per heavy atom. The van der Waals surface area contributed by atoms with Crippen molar-refractivity contribution in [3.8, 4) is 0 Å². The topological polar surface area (TPSA) is 38.9 Å². The molecule has 0 aliphatic carbocycles. The predicted octanol–water partition coefficient (Wildman–Crippen LogP) is 3.36. The molecule has 0 fully saturated rings. The van der Waals surface area contributed by atoms with E-state index in [2.05, 4.69) is 44.0 Å². The number of aromatic nitrogens is 1. The largest absolute Gasteiger partial charge is 0.320 e. The van der Waals surface area contributed by atoms with E-state index < -0.39 is 0 Å². The first-order valence-electron chi connectivity index (χ1n) is 6.25. The van der Waals surface area contributed by atoms with Gasteiger partial charge in [-0.25, -0.2) is 0 Å². The first kappa shape index (κ1) is 12.8. The fraction of sp³-hybridized carbons (Fsp3) is 0.312. The van der Waals surface area contributed by atoms with Crippen LogP contribution in [0.3, 0.4) is 0 Å². The number of aryl methyl sites for hydroxylation is 4. The molecular formula is C16H20N2. The van der Waals surface area contributed by atoms with Gasteiger partial charge in [0.15, 0.2) is 0 Å². The van der Waals surface area contributed by atoms with E-state index >= 15 is 0 Å². The molecule has 0 bridgehead atoms. The molecule has 0 radical (unpaired) electrons. The number of pyridine rings is 1. The predicted molar refractivity (Wildman–Crippen MR) is 75.7 cm³/mol. The first-order valence-corrected chi connectivity index (χ1v) is 6.25. The number of rotatable bonds is 2. The van der Waals surface area contributed by atoms with Gasteiger partial charge < -0.3 is 5.73 Å². The van der Waals surface area contributed by atoms with Crippen LogP contribution in [0.1, 0.15) is 39.6 Å². The molecule has 1 aromatic heterocycles. The average Bonchev–Trinajstić information content (AvgIpc) is 2.33. The molecule has 1 heterocycles. The van der Waals surface area contributed by atoms with Crippen LogP contribution in [-0.4, -0.2) is 4.98 Å². The standard InChI is InChI=1S/C16H20N2/c1-10-7-12(3)15(8-11(10)2)16(17)14-5-6-18-13(4)9-14/h5-9,16H,17H2,1-4H3. The summed E-state index contributed by atoms with van der Waals surface area (Å²) in [4.78, 5) is 4.21. The van der Waals surface area contributed by atoms with Gasteiger partial charge in [-0.15, -0.1) is 0 Å². The van der Waals surface area contributed by atoms with Crippen molar-refractivity contribution < 1.29 is 0 Å². The maximum atomic E-state index is 6.38. The Kier molecular flexibility index (Phi) is 3.48. The lowest BCUT2D eigenvalue weighted by molar-refractivity contribution is 0.852. The summed E-state index contributed by atoms with van der Waals surface area (Å²) in [6.45, 7) is 8.37. The summed E-state index contributed by atoms with van der Waals surface area (Å²) in [5.41, 5.74) is 13.6. The van der Waals surface area contributed by atoms with Gasteiger partial charge in [-0.2, -0.15) is 0 Å². The van der Waals surface area contributed by atoms with Crippen molar-refractivity contribution in [3.63, 3.8) is 0 Å². The molecule has 2 rings (SSSR count). The van der Waals surface area contributed by atoms with Gasteiger partial charge in [0.2, 0.25) is 0 Å². The van der Waals surface area contributed by atoms with E-state index in [1.807, 2.05) is 19.2 Å². The summed E-state index contributed by atoms with van der Waals surface area (Å²) in [5, 5.41) is 0. The van der Waals surface area contributed by atoms with E-state index in [1.54, 1.807) is 0 Å². The molecule has 2 heteroatoms. The van der Waals surface area contributed by atoms with Gasteiger partial charge in [0.05, 0.1) is 6.04 Å². The van der Waals surface area contributed by atoms with Crippen molar-refractivity contribution >= 4 is 0 Å². The molecule has 0 spiro atoms. The number of hydrogen-bond donors (Lipinski definition) is 1. The normalized spacial score (nSPS) is 12.5. The van der Waals surface area contributed by atoms with Crippen LogP contribution in [-0.2, 0) is 0 Å². The Bertz CT molecular complexity index is 573. The number of benzene rings is 1. The van der Waals surface area contributed by atoms with Gasteiger partial charge in [0.25, 0.3) is 0 Å². The van der Waals surface area contributed by atoms with Gasteiger partial charge >= 0.3 is 0 Å². The Morgan fingerprint density at radius 3 is 2.28 bits per heavy atom. The van der Waals surface area contributed by atoms with E-state index in [1.165, 1.54) is 22.3 Å². The monoisotopic (exact) mass is 240 g/mol. The molecule has 0 aliphatic rings. The molecule has 94 valence electrons. The molecule has 1 aromatic carbocycles. The first-order chi connectivity index (χ1) is 8.49. The molecular weight excluding hydrogens is 220 g/mol. The number of nitrogens with zero attached hydrogens (tertiary/aromatic N) is 1. The van der Waals surface area contributed by atoms with Gasteiger partial charge in [-0.05, 0) is 67.6 Å². The van der Waals surface area contributed by atoms with Crippen molar-refractivity contribution in [1.29, 1.82) is 0 Å². The van der Waals surface area contributed by atoms with Crippen molar-refractivity contribution in [2.75, 3.05) is 0 Å². The molecule has 18 heavy (non-hydrogen) atoms. The SMILES string of the molecule is Cc1cc(C(N)c2cc(C)c(C)cc2C)ccn1. The fourth-order valence-corrected chi connectivity index (χ4v) is 2.26. The van der Waals surface area contributed by atoms with Crippen molar-refractivity contribution in [1.82, 2.24) is 4.98 Å². The summed E-state index contributed by atoms with van der Waals surface area (Å²) in [6.07, 6.45) is 1.82. The van der Waals surface area contributed by atoms with Crippen molar-refractivity contribution in [2.45, 2.75) is 33.7 Å². The maximum Gasteiger partial charge on any atom is 0.0555 e. The second-order valence-electron chi connectivity index (χ2n) is 5.00. The van der Waals surface area contributed by atoms with Crippen LogP contribution in [0.25, 0.3) is 0 Å². The lowest BCUT2D eigenvalue weighted by Gasteiger charge is -2.17. The highest BCUT2D eigenvalue weighted by Gasteiger charge is 2.12.